The van der Waals surface area contributed by atoms with Crippen molar-refractivity contribution in [2.45, 2.75) is 4.83 Å². The first kappa shape index (κ1) is 16.6. The fraction of sp³-hybridized carbons (Fsp3) is 0.231. The molecule has 0 saturated heterocycles. The van der Waals surface area contributed by atoms with Crippen molar-refractivity contribution in [3.8, 4) is 11.5 Å². The van der Waals surface area contributed by atoms with Crippen molar-refractivity contribution in [1.29, 1.82) is 0 Å². The summed E-state index contributed by atoms with van der Waals surface area (Å²) in [5.41, 5.74) is 2.03. The summed E-state index contributed by atoms with van der Waals surface area (Å²) in [6.07, 6.45) is 0. The van der Waals surface area contributed by atoms with Gasteiger partial charge in [0.2, 0.25) is 0 Å². The lowest BCUT2D eigenvalue weighted by atomic mass is 10.1. The van der Waals surface area contributed by atoms with Gasteiger partial charge in [0.25, 0.3) is 0 Å². The predicted molar refractivity (Wildman–Crippen MR) is 95.0 cm³/mol. The molecule has 2 aromatic rings. The second kappa shape index (κ2) is 7.01. The fourth-order valence-corrected chi connectivity index (χ4v) is 6.25. The summed E-state index contributed by atoms with van der Waals surface area (Å²) < 4.78 is 12.7. The summed E-state index contributed by atoms with van der Waals surface area (Å²) in [6.45, 7) is 0. The molecule has 1 atom stereocenters. The highest BCUT2D eigenvalue weighted by atomic mass is 79.9. The zero-order valence-electron chi connectivity index (χ0n) is 10.5. The fourth-order valence-electron chi connectivity index (χ4n) is 1.76. The first-order chi connectivity index (χ1) is 9.47. The molecule has 20 heavy (non-hydrogen) atoms. The van der Waals surface area contributed by atoms with Gasteiger partial charge < -0.3 is 9.47 Å². The number of hydrogen-bond acceptors (Lipinski definition) is 3. The van der Waals surface area contributed by atoms with Crippen LogP contribution in [-0.4, -0.2) is 14.2 Å². The van der Waals surface area contributed by atoms with E-state index in [-0.39, 0.29) is 4.83 Å². The molecule has 0 radical (unpaired) electrons. The number of thiophene rings is 1. The second-order valence-corrected chi connectivity index (χ2v) is 8.94. The smallest absolute Gasteiger partial charge is 0.162 e. The maximum absolute atomic E-state index is 6.35. The van der Waals surface area contributed by atoms with Crippen molar-refractivity contribution in [2.75, 3.05) is 14.2 Å². The van der Waals surface area contributed by atoms with E-state index >= 15 is 0 Å². The van der Waals surface area contributed by atoms with Gasteiger partial charge in [0.05, 0.1) is 26.6 Å². The van der Waals surface area contributed by atoms with Crippen LogP contribution in [-0.2, 0) is 0 Å². The van der Waals surface area contributed by atoms with E-state index in [1.165, 1.54) is 0 Å². The Morgan fingerprint density at radius 2 is 1.65 bits per heavy atom. The third-order valence-corrected chi connectivity index (χ3v) is 6.43. The number of benzene rings is 1. The molecule has 1 heterocycles. The average Bonchev–Trinajstić information content (AvgIpc) is 2.76. The lowest BCUT2D eigenvalue weighted by Crippen LogP contribution is -1.97. The number of alkyl halides is 1. The number of rotatable bonds is 4. The molecule has 1 aromatic carbocycles. The van der Waals surface area contributed by atoms with Crippen molar-refractivity contribution < 1.29 is 9.47 Å². The highest BCUT2D eigenvalue weighted by molar-refractivity contribution is 9.12. The van der Waals surface area contributed by atoms with E-state index in [2.05, 4.69) is 53.9 Å². The minimum atomic E-state index is -0.0354. The molecule has 0 aliphatic carbocycles. The van der Waals surface area contributed by atoms with E-state index in [0.29, 0.717) is 16.5 Å². The zero-order chi connectivity index (χ0) is 14.9. The SMILES string of the molecule is COc1cc(Cl)c(C(Br)c2cc(Br)sc2Br)cc1OC. The molecule has 0 N–H and O–H groups in total. The van der Waals surface area contributed by atoms with E-state index in [1.807, 2.05) is 6.07 Å². The van der Waals surface area contributed by atoms with Crippen LogP contribution < -0.4 is 9.47 Å². The van der Waals surface area contributed by atoms with Crippen molar-refractivity contribution in [2.24, 2.45) is 0 Å². The Hall–Kier alpha value is 0.250. The quantitative estimate of drug-likeness (QED) is 0.446. The summed E-state index contributed by atoms with van der Waals surface area (Å²) in [5, 5.41) is 0.624. The van der Waals surface area contributed by atoms with E-state index in [4.69, 9.17) is 21.1 Å². The number of methoxy groups -OCH3 is 2. The van der Waals surface area contributed by atoms with Gasteiger partial charge in [-0.15, -0.1) is 11.3 Å². The molecule has 0 bridgehead atoms. The van der Waals surface area contributed by atoms with Crippen LogP contribution in [0.15, 0.2) is 25.8 Å². The van der Waals surface area contributed by atoms with Crippen LogP contribution in [0, 0.1) is 0 Å². The Labute approximate surface area is 151 Å². The first-order valence-electron chi connectivity index (χ1n) is 5.48. The standard InChI is InChI=1S/C13H10Br3ClO2S/c1-18-9-3-6(8(17)5-10(9)19-2)12(15)7-4-11(14)20-13(7)16/h3-5,12H,1-2H3. The average molecular weight is 505 g/mol. The molecule has 108 valence electrons. The summed E-state index contributed by atoms with van der Waals surface area (Å²) in [4.78, 5) is -0.0354. The van der Waals surface area contributed by atoms with E-state index in [0.717, 1.165) is 18.7 Å². The molecular formula is C13H10Br3ClO2S. The van der Waals surface area contributed by atoms with Gasteiger partial charge in [-0.2, -0.15) is 0 Å². The molecule has 0 amide bonds. The summed E-state index contributed by atoms with van der Waals surface area (Å²) >= 11 is 18.7. The van der Waals surface area contributed by atoms with Gasteiger partial charge in [0.15, 0.2) is 11.5 Å². The summed E-state index contributed by atoms with van der Waals surface area (Å²) in [7, 11) is 3.20. The zero-order valence-corrected chi connectivity index (χ0v) is 16.9. The van der Waals surface area contributed by atoms with Crippen molar-refractivity contribution in [3.63, 3.8) is 0 Å². The molecule has 7 heteroatoms. The number of ether oxygens (including phenoxy) is 2. The summed E-state index contributed by atoms with van der Waals surface area (Å²) in [5.74, 6) is 1.27. The topological polar surface area (TPSA) is 18.5 Å². The third kappa shape index (κ3) is 3.35. The molecule has 1 aromatic heterocycles. The maximum Gasteiger partial charge on any atom is 0.162 e. The lowest BCUT2D eigenvalue weighted by molar-refractivity contribution is 0.354. The van der Waals surface area contributed by atoms with Crippen LogP contribution in [0.2, 0.25) is 5.02 Å². The molecule has 0 saturated carbocycles. The minimum Gasteiger partial charge on any atom is -0.493 e. The Bertz CT molecular complexity index is 630. The van der Waals surface area contributed by atoms with Gasteiger partial charge in [-0.1, -0.05) is 27.5 Å². The Morgan fingerprint density at radius 3 is 2.15 bits per heavy atom. The minimum absolute atomic E-state index is 0.0354. The Balaban J connectivity index is 2.49. The van der Waals surface area contributed by atoms with Crippen LogP contribution in [0.3, 0.4) is 0 Å². The van der Waals surface area contributed by atoms with E-state index in [1.54, 1.807) is 31.6 Å². The van der Waals surface area contributed by atoms with E-state index < -0.39 is 0 Å². The van der Waals surface area contributed by atoms with Gasteiger partial charge >= 0.3 is 0 Å². The summed E-state index contributed by atoms with van der Waals surface area (Å²) in [6, 6.07) is 5.71. The highest BCUT2D eigenvalue weighted by Crippen LogP contribution is 2.46. The maximum atomic E-state index is 6.35. The molecule has 2 nitrogen and oxygen atoms in total. The van der Waals surface area contributed by atoms with Crippen LogP contribution in [0.5, 0.6) is 11.5 Å². The first-order valence-corrected chi connectivity index (χ1v) is 9.17. The van der Waals surface area contributed by atoms with Gasteiger partial charge in [-0.25, -0.2) is 0 Å². The van der Waals surface area contributed by atoms with Gasteiger partial charge in [0.1, 0.15) is 0 Å². The van der Waals surface area contributed by atoms with Crippen LogP contribution in [0.1, 0.15) is 16.0 Å². The molecule has 0 spiro atoms. The van der Waals surface area contributed by atoms with Crippen LogP contribution >= 0.6 is 70.7 Å². The number of hydrogen-bond donors (Lipinski definition) is 0. The van der Waals surface area contributed by atoms with Gasteiger partial charge in [-0.05, 0) is 55.1 Å². The van der Waals surface area contributed by atoms with Crippen molar-refractivity contribution in [1.82, 2.24) is 0 Å². The van der Waals surface area contributed by atoms with Crippen molar-refractivity contribution >= 4 is 70.7 Å². The highest BCUT2D eigenvalue weighted by Gasteiger charge is 2.21. The normalized spacial score (nSPS) is 12.3. The Kier molecular flexibility index (Phi) is 5.82. The van der Waals surface area contributed by atoms with Gasteiger partial charge in [0, 0.05) is 11.1 Å². The third-order valence-electron chi connectivity index (χ3n) is 2.73. The van der Waals surface area contributed by atoms with Crippen molar-refractivity contribution in [3.05, 3.63) is 41.9 Å². The predicted octanol–water partition coefficient (Wildman–Crippen LogP) is 6.43. The molecule has 0 aliphatic heterocycles. The monoisotopic (exact) mass is 502 g/mol. The molecule has 0 aliphatic rings. The molecule has 1 unspecified atom stereocenters. The van der Waals surface area contributed by atoms with Crippen LogP contribution in [0.4, 0.5) is 0 Å². The lowest BCUT2D eigenvalue weighted by Gasteiger charge is -2.15. The van der Waals surface area contributed by atoms with Gasteiger partial charge in [-0.3, -0.25) is 0 Å². The molecule has 0 fully saturated rings. The van der Waals surface area contributed by atoms with E-state index in [9.17, 15) is 0 Å². The Morgan fingerprint density at radius 1 is 1.05 bits per heavy atom. The largest absolute Gasteiger partial charge is 0.493 e. The van der Waals surface area contributed by atoms with Crippen LogP contribution in [0.25, 0.3) is 0 Å². The molecular weight excluding hydrogens is 495 g/mol. The molecule has 2 rings (SSSR count). The number of halogens is 4. The second-order valence-electron chi connectivity index (χ2n) is 3.87.